The summed E-state index contributed by atoms with van der Waals surface area (Å²) < 4.78 is 0. The molecular weight excluding hydrogens is 451 g/mol. The third kappa shape index (κ3) is 4.99. The maximum Gasteiger partial charge on any atom is 0.255 e. The van der Waals surface area contributed by atoms with Gasteiger partial charge in [0.15, 0.2) is 0 Å². The molecule has 1 unspecified atom stereocenters. The predicted octanol–water partition coefficient (Wildman–Crippen LogP) is 5.98. The van der Waals surface area contributed by atoms with Crippen LogP contribution in [-0.4, -0.2) is 42.4 Å². The van der Waals surface area contributed by atoms with E-state index in [1.165, 1.54) is 11.8 Å². The van der Waals surface area contributed by atoms with E-state index in [2.05, 4.69) is 6.07 Å². The molecule has 0 aromatic heterocycles. The van der Waals surface area contributed by atoms with Crippen LogP contribution in [0.4, 0.5) is 0 Å². The van der Waals surface area contributed by atoms with Crippen molar-refractivity contribution in [2.75, 3.05) is 26.5 Å². The van der Waals surface area contributed by atoms with E-state index in [0.29, 0.717) is 39.0 Å². The number of carbonyl (C=O) groups is 1. The lowest BCUT2D eigenvalue weighted by molar-refractivity contribution is 0.0779. The number of benzene rings is 3. The van der Waals surface area contributed by atoms with Crippen molar-refractivity contribution in [2.45, 2.75) is 17.2 Å². The van der Waals surface area contributed by atoms with Gasteiger partial charge in [-0.1, -0.05) is 53.5 Å². The SMILES string of the molecule is CSc1c(C#N)cc2ccccc2c1C(=O)N(C)CC(CCO)c1ccc(Cl)c(Cl)c1. The lowest BCUT2D eigenvalue weighted by atomic mass is 9.94. The molecule has 0 fully saturated rings. The molecule has 0 bridgehead atoms. The highest BCUT2D eigenvalue weighted by atomic mass is 35.5. The highest BCUT2D eigenvalue weighted by Gasteiger charge is 2.24. The molecule has 0 aliphatic heterocycles. The Morgan fingerprint density at radius 2 is 1.94 bits per heavy atom. The van der Waals surface area contributed by atoms with Crippen LogP contribution in [0.2, 0.25) is 10.0 Å². The van der Waals surface area contributed by atoms with Gasteiger partial charge in [-0.25, -0.2) is 0 Å². The molecule has 3 rings (SSSR count). The van der Waals surface area contributed by atoms with Gasteiger partial charge in [0.1, 0.15) is 6.07 Å². The van der Waals surface area contributed by atoms with Crippen molar-refractivity contribution in [3.05, 3.63) is 75.3 Å². The largest absolute Gasteiger partial charge is 0.396 e. The van der Waals surface area contributed by atoms with Gasteiger partial charge < -0.3 is 10.0 Å². The molecule has 1 N–H and O–H groups in total. The average Bonchev–Trinajstić information content (AvgIpc) is 2.78. The van der Waals surface area contributed by atoms with E-state index in [9.17, 15) is 15.2 Å². The van der Waals surface area contributed by atoms with Gasteiger partial charge >= 0.3 is 0 Å². The van der Waals surface area contributed by atoms with Crippen LogP contribution in [-0.2, 0) is 0 Å². The van der Waals surface area contributed by atoms with Crippen LogP contribution >= 0.6 is 35.0 Å². The number of fused-ring (bicyclic) bond motifs is 1. The summed E-state index contributed by atoms with van der Waals surface area (Å²) in [5.74, 6) is -0.280. The summed E-state index contributed by atoms with van der Waals surface area (Å²) in [6.45, 7) is 0.367. The van der Waals surface area contributed by atoms with Gasteiger partial charge in [-0.3, -0.25) is 4.79 Å². The fraction of sp³-hybridized carbons (Fsp3) is 0.250. The molecular formula is C24H22Cl2N2O2S. The van der Waals surface area contributed by atoms with E-state index < -0.39 is 0 Å². The monoisotopic (exact) mass is 472 g/mol. The van der Waals surface area contributed by atoms with Gasteiger partial charge in [-0.05, 0) is 47.2 Å². The van der Waals surface area contributed by atoms with Crippen molar-refractivity contribution < 1.29 is 9.90 Å². The number of aliphatic hydroxyl groups excluding tert-OH is 1. The first-order chi connectivity index (χ1) is 14.9. The van der Waals surface area contributed by atoms with Crippen molar-refractivity contribution in [3.8, 4) is 6.07 Å². The van der Waals surface area contributed by atoms with Crippen LogP contribution in [0.15, 0.2) is 53.4 Å². The third-order valence-corrected chi connectivity index (χ3v) is 6.84. The first-order valence-corrected chi connectivity index (χ1v) is 11.7. The second kappa shape index (κ2) is 10.4. The Labute approximate surface area is 196 Å². The fourth-order valence-corrected chi connectivity index (χ4v) is 4.76. The highest BCUT2D eigenvalue weighted by molar-refractivity contribution is 7.98. The Balaban J connectivity index is 2.01. The quantitative estimate of drug-likeness (QED) is 0.429. The van der Waals surface area contributed by atoms with Crippen molar-refractivity contribution >= 4 is 51.6 Å². The van der Waals surface area contributed by atoms with E-state index in [4.69, 9.17) is 23.2 Å². The van der Waals surface area contributed by atoms with Crippen LogP contribution < -0.4 is 0 Å². The normalized spacial score (nSPS) is 11.9. The molecule has 0 heterocycles. The molecule has 4 nitrogen and oxygen atoms in total. The molecule has 0 spiro atoms. The first-order valence-electron chi connectivity index (χ1n) is 9.72. The van der Waals surface area contributed by atoms with Gasteiger partial charge in [-0.15, -0.1) is 11.8 Å². The molecule has 3 aromatic rings. The summed E-state index contributed by atoms with van der Waals surface area (Å²) in [5.41, 5.74) is 1.92. The lowest BCUT2D eigenvalue weighted by Gasteiger charge is -2.26. The summed E-state index contributed by atoms with van der Waals surface area (Å²) in [4.78, 5) is 15.9. The smallest absolute Gasteiger partial charge is 0.255 e. The van der Waals surface area contributed by atoms with Crippen LogP contribution in [0.3, 0.4) is 0 Å². The molecule has 1 atom stereocenters. The molecule has 0 radical (unpaired) electrons. The van der Waals surface area contributed by atoms with E-state index >= 15 is 0 Å². The van der Waals surface area contributed by atoms with Crippen molar-refractivity contribution in [3.63, 3.8) is 0 Å². The summed E-state index contributed by atoms with van der Waals surface area (Å²) >= 11 is 13.6. The number of aliphatic hydroxyl groups is 1. The zero-order valence-corrected chi connectivity index (χ0v) is 19.6. The number of rotatable bonds is 7. The number of likely N-dealkylation sites (N-methyl/N-ethyl adjacent to an activating group) is 1. The van der Waals surface area contributed by atoms with Crippen molar-refractivity contribution in [1.82, 2.24) is 4.90 Å². The second-order valence-electron chi connectivity index (χ2n) is 7.23. The zero-order chi connectivity index (χ0) is 22.5. The van der Waals surface area contributed by atoms with Gasteiger partial charge in [0, 0.05) is 31.0 Å². The first kappa shape index (κ1) is 23.4. The van der Waals surface area contributed by atoms with Crippen LogP contribution in [0.1, 0.15) is 33.8 Å². The average molecular weight is 473 g/mol. The number of halogens is 2. The second-order valence-corrected chi connectivity index (χ2v) is 8.86. The molecule has 0 aliphatic carbocycles. The Hall–Kier alpha value is -2.23. The summed E-state index contributed by atoms with van der Waals surface area (Å²) in [6.07, 6.45) is 2.34. The van der Waals surface area contributed by atoms with Gasteiger partial charge in [0.2, 0.25) is 0 Å². The number of nitriles is 1. The number of nitrogens with zero attached hydrogens (tertiary/aromatic N) is 2. The standard InChI is InChI=1S/C24H22Cl2N2O2S/c1-28(14-17(9-10-29)15-7-8-20(25)21(26)12-15)24(30)22-19-6-4-3-5-16(19)11-18(13-27)23(22)31-2/h3-8,11-12,17,29H,9-10,14H2,1-2H3. The summed E-state index contributed by atoms with van der Waals surface area (Å²) in [6, 6.07) is 17.0. The fourth-order valence-electron chi connectivity index (χ4n) is 3.73. The molecule has 3 aromatic carbocycles. The van der Waals surface area contributed by atoms with Crippen LogP contribution in [0, 0.1) is 11.3 Å². The Morgan fingerprint density at radius 1 is 1.19 bits per heavy atom. The van der Waals surface area contributed by atoms with Crippen molar-refractivity contribution in [1.29, 1.82) is 5.26 Å². The van der Waals surface area contributed by atoms with Crippen LogP contribution in [0.5, 0.6) is 0 Å². The summed E-state index contributed by atoms with van der Waals surface area (Å²) in [7, 11) is 1.74. The van der Waals surface area contributed by atoms with E-state index in [1.54, 1.807) is 24.1 Å². The Morgan fingerprint density at radius 3 is 2.58 bits per heavy atom. The lowest BCUT2D eigenvalue weighted by Crippen LogP contribution is -2.32. The topological polar surface area (TPSA) is 64.3 Å². The Bertz CT molecular complexity index is 1160. The third-order valence-electron chi connectivity index (χ3n) is 5.27. The Kier molecular flexibility index (Phi) is 7.85. The zero-order valence-electron chi connectivity index (χ0n) is 17.2. The molecule has 0 saturated carbocycles. The van der Waals surface area contributed by atoms with Gasteiger partial charge in [0.05, 0.1) is 21.2 Å². The molecule has 1 amide bonds. The number of carbonyl (C=O) groups excluding carboxylic acids is 1. The number of hydrogen-bond acceptors (Lipinski definition) is 4. The van der Waals surface area contributed by atoms with Gasteiger partial charge in [-0.2, -0.15) is 5.26 Å². The van der Waals surface area contributed by atoms with E-state index in [-0.39, 0.29) is 18.4 Å². The number of amides is 1. The van der Waals surface area contributed by atoms with Crippen LogP contribution in [0.25, 0.3) is 10.8 Å². The van der Waals surface area contributed by atoms with Gasteiger partial charge in [0.25, 0.3) is 5.91 Å². The number of hydrogen-bond donors (Lipinski definition) is 1. The maximum absolute atomic E-state index is 13.6. The molecule has 0 saturated heterocycles. The minimum Gasteiger partial charge on any atom is -0.396 e. The minimum absolute atomic E-state index is 0.0180. The van der Waals surface area contributed by atoms with E-state index in [1.807, 2.05) is 42.7 Å². The number of thioether (sulfide) groups is 1. The minimum atomic E-state index is -0.166. The predicted molar refractivity (Wildman–Crippen MR) is 128 cm³/mol. The molecule has 160 valence electrons. The maximum atomic E-state index is 13.6. The molecule has 31 heavy (non-hydrogen) atoms. The van der Waals surface area contributed by atoms with Crippen molar-refractivity contribution in [2.24, 2.45) is 0 Å². The molecule has 7 heteroatoms. The highest BCUT2D eigenvalue weighted by Crippen LogP contribution is 2.34. The van der Waals surface area contributed by atoms with E-state index in [0.717, 1.165) is 16.3 Å². The molecule has 0 aliphatic rings. The summed E-state index contributed by atoms with van der Waals surface area (Å²) in [5, 5.41) is 21.8.